The molecule has 1 aromatic rings. The van der Waals surface area contributed by atoms with Crippen molar-refractivity contribution < 1.29 is 4.79 Å². The fraction of sp³-hybridized carbons (Fsp3) is 0.500. The molecule has 19 heavy (non-hydrogen) atoms. The highest BCUT2D eigenvalue weighted by Crippen LogP contribution is 2.23. The van der Waals surface area contributed by atoms with Gasteiger partial charge in [0.25, 0.3) is 0 Å². The summed E-state index contributed by atoms with van der Waals surface area (Å²) in [6.45, 7) is 4.41. The maximum absolute atomic E-state index is 12.0. The lowest BCUT2D eigenvalue weighted by atomic mass is 10.2. The normalized spacial score (nSPS) is 19.6. The highest BCUT2D eigenvalue weighted by molar-refractivity contribution is 9.10. The van der Waals surface area contributed by atoms with Gasteiger partial charge in [-0.1, -0.05) is 6.07 Å². The third kappa shape index (κ3) is 4.03. The van der Waals surface area contributed by atoms with Gasteiger partial charge in [-0.3, -0.25) is 9.69 Å². The second-order valence-electron chi connectivity index (χ2n) is 5.04. The van der Waals surface area contributed by atoms with Crippen LogP contribution in [0.2, 0.25) is 0 Å². The van der Waals surface area contributed by atoms with Gasteiger partial charge in [-0.25, -0.2) is 0 Å². The van der Waals surface area contributed by atoms with Crippen molar-refractivity contribution in [1.29, 1.82) is 0 Å². The Labute approximate surface area is 122 Å². The summed E-state index contributed by atoms with van der Waals surface area (Å²) in [5, 5.41) is 6.20. The van der Waals surface area contributed by atoms with Gasteiger partial charge in [0.1, 0.15) is 0 Å². The fourth-order valence-corrected chi connectivity index (χ4v) is 2.92. The van der Waals surface area contributed by atoms with Gasteiger partial charge in [0.05, 0.1) is 12.2 Å². The van der Waals surface area contributed by atoms with Crippen LogP contribution in [0.4, 0.5) is 5.69 Å². The van der Waals surface area contributed by atoms with Gasteiger partial charge in [-0.05, 0) is 54.0 Å². The van der Waals surface area contributed by atoms with Gasteiger partial charge in [0.15, 0.2) is 0 Å². The van der Waals surface area contributed by atoms with Crippen molar-refractivity contribution in [2.24, 2.45) is 0 Å². The molecule has 1 saturated heterocycles. The highest BCUT2D eigenvalue weighted by atomic mass is 79.9. The number of halogens is 1. The first-order valence-electron chi connectivity index (χ1n) is 6.54. The Kier molecular flexibility index (Phi) is 4.96. The van der Waals surface area contributed by atoms with Crippen molar-refractivity contribution in [2.45, 2.75) is 19.4 Å². The number of likely N-dealkylation sites (N-methyl/N-ethyl adjacent to an activating group) is 1. The molecule has 0 radical (unpaired) electrons. The van der Waals surface area contributed by atoms with Crippen LogP contribution in [0.1, 0.15) is 12.0 Å². The van der Waals surface area contributed by atoms with Gasteiger partial charge in [-0.2, -0.15) is 0 Å². The molecule has 1 heterocycles. The predicted octanol–water partition coefficient (Wildman–Crippen LogP) is 1.99. The van der Waals surface area contributed by atoms with E-state index in [1.165, 1.54) is 5.56 Å². The Bertz CT molecular complexity index is 464. The predicted molar refractivity (Wildman–Crippen MR) is 81.4 cm³/mol. The number of carbonyl (C=O) groups excluding carboxylic acids is 1. The number of hydrogen-bond donors (Lipinski definition) is 2. The van der Waals surface area contributed by atoms with Crippen LogP contribution in [-0.2, 0) is 4.79 Å². The number of aryl methyl sites for hydroxylation is 1. The number of anilines is 1. The summed E-state index contributed by atoms with van der Waals surface area (Å²) in [6.07, 6.45) is 1.11. The summed E-state index contributed by atoms with van der Waals surface area (Å²) < 4.78 is 0.926. The number of amides is 1. The zero-order valence-electron chi connectivity index (χ0n) is 11.4. The second kappa shape index (κ2) is 6.50. The lowest BCUT2D eigenvalue weighted by molar-refractivity contribution is -0.117. The van der Waals surface area contributed by atoms with Crippen molar-refractivity contribution in [2.75, 3.05) is 32.0 Å². The quantitative estimate of drug-likeness (QED) is 0.889. The lowest BCUT2D eigenvalue weighted by Gasteiger charge is -2.16. The number of nitrogens with zero attached hydrogens (tertiary/aromatic N) is 1. The summed E-state index contributed by atoms with van der Waals surface area (Å²) in [5.41, 5.74) is 2.00. The monoisotopic (exact) mass is 325 g/mol. The molecule has 1 aliphatic heterocycles. The van der Waals surface area contributed by atoms with E-state index in [9.17, 15) is 4.79 Å². The Morgan fingerprint density at radius 1 is 1.53 bits per heavy atom. The van der Waals surface area contributed by atoms with E-state index in [4.69, 9.17) is 0 Å². The molecule has 0 aliphatic carbocycles. The average Bonchev–Trinajstić information content (AvgIpc) is 2.80. The first-order valence-corrected chi connectivity index (χ1v) is 7.33. The standard InChI is InChI=1S/C14H20BrN3O/c1-10-3-4-13(12(15)7-10)17-14(19)9-18-6-5-11(8-18)16-2/h3-4,7,11,16H,5-6,8-9H2,1-2H3,(H,17,19). The molecule has 1 aliphatic rings. The van der Waals surface area contributed by atoms with Gasteiger partial charge < -0.3 is 10.6 Å². The number of hydrogen-bond acceptors (Lipinski definition) is 3. The molecule has 4 nitrogen and oxygen atoms in total. The van der Waals surface area contributed by atoms with E-state index in [1.807, 2.05) is 32.2 Å². The minimum atomic E-state index is 0.0429. The summed E-state index contributed by atoms with van der Waals surface area (Å²) in [5.74, 6) is 0.0429. The summed E-state index contributed by atoms with van der Waals surface area (Å²) >= 11 is 3.47. The Balaban J connectivity index is 1.87. The SMILES string of the molecule is CNC1CCN(CC(=O)Nc2ccc(C)cc2Br)C1. The molecule has 1 amide bonds. The number of nitrogens with one attached hydrogen (secondary N) is 2. The minimum absolute atomic E-state index is 0.0429. The largest absolute Gasteiger partial charge is 0.324 e. The van der Waals surface area contributed by atoms with Crippen LogP contribution in [0, 0.1) is 6.92 Å². The molecule has 1 aromatic carbocycles. The van der Waals surface area contributed by atoms with Gasteiger partial charge in [0.2, 0.25) is 5.91 Å². The smallest absolute Gasteiger partial charge is 0.238 e. The Hall–Kier alpha value is -0.910. The maximum Gasteiger partial charge on any atom is 0.238 e. The summed E-state index contributed by atoms with van der Waals surface area (Å²) in [7, 11) is 1.97. The van der Waals surface area contributed by atoms with Crippen LogP contribution in [-0.4, -0.2) is 43.5 Å². The van der Waals surface area contributed by atoms with E-state index in [0.29, 0.717) is 12.6 Å². The highest BCUT2D eigenvalue weighted by Gasteiger charge is 2.22. The number of rotatable bonds is 4. The van der Waals surface area contributed by atoms with E-state index >= 15 is 0 Å². The molecule has 1 atom stereocenters. The molecule has 5 heteroatoms. The van der Waals surface area contributed by atoms with Crippen molar-refractivity contribution in [3.05, 3.63) is 28.2 Å². The van der Waals surface area contributed by atoms with Crippen LogP contribution < -0.4 is 10.6 Å². The molecule has 2 N–H and O–H groups in total. The fourth-order valence-electron chi connectivity index (χ4n) is 2.33. The van der Waals surface area contributed by atoms with Crippen LogP contribution in [0.3, 0.4) is 0 Å². The summed E-state index contributed by atoms with van der Waals surface area (Å²) in [4.78, 5) is 14.2. The van der Waals surface area contributed by atoms with Crippen LogP contribution in [0.15, 0.2) is 22.7 Å². The number of benzene rings is 1. The Morgan fingerprint density at radius 3 is 2.95 bits per heavy atom. The molecular formula is C14H20BrN3O. The van der Waals surface area contributed by atoms with E-state index in [2.05, 4.69) is 31.5 Å². The molecule has 0 spiro atoms. The zero-order valence-corrected chi connectivity index (χ0v) is 13.0. The average molecular weight is 326 g/mol. The topological polar surface area (TPSA) is 44.4 Å². The third-order valence-electron chi connectivity index (χ3n) is 3.45. The van der Waals surface area contributed by atoms with Crippen molar-refractivity contribution in [3.8, 4) is 0 Å². The molecule has 1 unspecified atom stereocenters. The van der Waals surface area contributed by atoms with Gasteiger partial charge in [0, 0.05) is 23.6 Å². The molecule has 0 bridgehead atoms. The van der Waals surface area contributed by atoms with Crippen LogP contribution >= 0.6 is 15.9 Å². The summed E-state index contributed by atoms with van der Waals surface area (Å²) in [6, 6.07) is 6.44. The first kappa shape index (κ1) is 14.5. The van der Waals surface area contributed by atoms with Crippen LogP contribution in [0.5, 0.6) is 0 Å². The molecule has 0 saturated carbocycles. The lowest BCUT2D eigenvalue weighted by Crippen LogP contribution is -2.34. The zero-order chi connectivity index (χ0) is 13.8. The van der Waals surface area contributed by atoms with Crippen molar-refractivity contribution in [3.63, 3.8) is 0 Å². The minimum Gasteiger partial charge on any atom is -0.324 e. The number of carbonyl (C=O) groups is 1. The van der Waals surface area contributed by atoms with E-state index in [1.54, 1.807) is 0 Å². The Morgan fingerprint density at radius 2 is 2.32 bits per heavy atom. The molecular weight excluding hydrogens is 306 g/mol. The van der Waals surface area contributed by atoms with E-state index in [-0.39, 0.29) is 5.91 Å². The second-order valence-corrected chi connectivity index (χ2v) is 5.90. The molecule has 2 rings (SSSR count). The van der Waals surface area contributed by atoms with Gasteiger partial charge in [-0.15, -0.1) is 0 Å². The van der Waals surface area contributed by atoms with E-state index < -0.39 is 0 Å². The molecule has 0 aromatic heterocycles. The van der Waals surface area contributed by atoms with E-state index in [0.717, 1.165) is 29.7 Å². The van der Waals surface area contributed by atoms with Crippen molar-refractivity contribution in [1.82, 2.24) is 10.2 Å². The number of likely N-dealkylation sites (tertiary alicyclic amines) is 1. The molecule has 104 valence electrons. The first-order chi connectivity index (χ1) is 9.08. The maximum atomic E-state index is 12.0. The van der Waals surface area contributed by atoms with Crippen LogP contribution in [0.25, 0.3) is 0 Å². The van der Waals surface area contributed by atoms with Gasteiger partial charge >= 0.3 is 0 Å². The molecule has 1 fully saturated rings. The third-order valence-corrected chi connectivity index (χ3v) is 4.10. The van der Waals surface area contributed by atoms with Crippen molar-refractivity contribution >= 4 is 27.5 Å².